The number of nitrogens with one attached hydrogen (secondary N) is 2. The lowest BCUT2D eigenvalue weighted by atomic mass is 10.1. The molecule has 118 valence electrons. The number of carbonyl (C=O) groups excluding carboxylic acids is 1. The maximum absolute atomic E-state index is 11.9. The molecular weight excluding hydrogens is 320 g/mol. The molecule has 2 rings (SSSR count). The van der Waals surface area contributed by atoms with E-state index in [1.807, 2.05) is 27.8 Å². The second-order valence-electron chi connectivity index (χ2n) is 4.83. The molecule has 0 saturated carbocycles. The maximum Gasteiger partial charge on any atom is 0.341 e. The van der Waals surface area contributed by atoms with Gasteiger partial charge in [-0.05, 0) is 38.6 Å². The van der Waals surface area contributed by atoms with Crippen LogP contribution in [0.2, 0.25) is 0 Å². The number of carbonyl (C=O) groups is 1. The van der Waals surface area contributed by atoms with Crippen LogP contribution < -0.4 is 10.6 Å². The van der Waals surface area contributed by atoms with Gasteiger partial charge < -0.3 is 15.4 Å². The van der Waals surface area contributed by atoms with Crippen LogP contribution in [0.25, 0.3) is 0 Å². The van der Waals surface area contributed by atoms with Crippen molar-refractivity contribution < 1.29 is 9.53 Å². The minimum atomic E-state index is -0.371. The number of aryl methyl sites for hydroxylation is 2. The van der Waals surface area contributed by atoms with Gasteiger partial charge in [0.25, 0.3) is 0 Å². The van der Waals surface area contributed by atoms with Gasteiger partial charge in [-0.2, -0.15) is 5.10 Å². The first-order valence-corrected chi connectivity index (χ1v) is 7.82. The summed E-state index contributed by atoms with van der Waals surface area (Å²) >= 11 is 6.79. The molecule has 0 bridgehead atoms. The van der Waals surface area contributed by atoms with E-state index in [4.69, 9.17) is 17.0 Å². The summed E-state index contributed by atoms with van der Waals surface area (Å²) in [7, 11) is 3.23. The first kappa shape index (κ1) is 16.4. The fourth-order valence-corrected chi connectivity index (χ4v) is 3.27. The van der Waals surface area contributed by atoms with E-state index in [1.165, 1.54) is 18.4 Å². The highest BCUT2D eigenvalue weighted by Gasteiger charge is 2.21. The number of aromatic nitrogens is 2. The predicted molar refractivity (Wildman–Crippen MR) is 92.9 cm³/mol. The first-order chi connectivity index (χ1) is 10.3. The second-order valence-corrected chi connectivity index (χ2v) is 6.46. The monoisotopic (exact) mass is 338 g/mol. The molecule has 0 spiro atoms. The number of anilines is 2. The van der Waals surface area contributed by atoms with Crippen molar-refractivity contribution in [2.75, 3.05) is 17.7 Å². The SMILES string of the molecule is COC(=O)c1c(NC(=S)Nc2cnn(C)c2C)sc(C)c1C. The number of thiocarbonyl (C=S) groups is 1. The van der Waals surface area contributed by atoms with E-state index in [9.17, 15) is 4.79 Å². The summed E-state index contributed by atoms with van der Waals surface area (Å²) in [6.45, 7) is 5.79. The summed E-state index contributed by atoms with van der Waals surface area (Å²) in [5, 5.41) is 11.4. The Hall–Kier alpha value is -1.93. The molecule has 0 aromatic carbocycles. The van der Waals surface area contributed by atoms with Gasteiger partial charge in [0.2, 0.25) is 0 Å². The van der Waals surface area contributed by atoms with Gasteiger partial charge in [0.05, 0.1) is 30.3 Å². The molecule has 0 unspecified atom stereocenters. The van der Waals surface area contributed by atoms with Gasteiger partial charge in [-0.15, -0.1) is 11.3 Å². The number of ether oxygens (including phenoxy) is 1. The Kier molecular flexibility index (Phi) is 4.82. The Morgan fingerprint density at radius 3 is 2.59 bits per heavy atom. The van der Waals surface area contributed by atoms with Gasteiger partial charge in [0.1, 0.15) is 5.00 Å². The predicted octanol–water partition coefficient (Wildman–Crippen LogP) is 3.00. The second kappa shape index (κ2) is 6.45. The molecule has 8 heteroatoms. The zero-order valence-electron chi connectivity index (χ0n) is 13.1. The van der Waals surface area contributed by atoms with Gasteiger partial charge in [0.15, 0.2) is 5.11 Å². The van der Waals surface area contributed by atoms with E-state index in [-0.39, 0.29) is 5.97 Å². The third kappa shape index (κ3) is 3.12. The molecule has 2 heterocycles. The Bertz CT molecular complexity index is 734. The van der Waals surface area contributed by atoms with E-state index in [2.05, 4.69) is 15.7 Å². The average Bonchev–Trinajstić information content (AvgIpc) is 2.92. The molecule has 0 aliphatic rings. The van der Waals surface area contributed by atoms with Crippen LogP contribution in [0.1, 0.15) is 26.5 Å². The molecule has 0 amide bonds. The van der Waals surface area contributed by atoms with Crippen molar-refractivity contribution in [1.82, 2.24) is 9.78 Å². The molecule has 0 atom stereocenters. The summed E-state index contributed by atoms with van der Waals surface area (Å²) in [5.41, 5.74) is 3.22. The van der Waals surface area contributed by atoms with E-state index >= 15 is 0 Å². The fraction of sp³-hybridized carbons (Fsp3) is 0.357. The van der Waals surface area contributed by atoms with Crippen LogP contribution in [0, 0.1) is 20.8 Å². The van der Waals surface area contributed by atoms with Crippen molar-refractivity contribution >= 4 is 45.3 Å². The molecule has 22 heavy (non-hydrogen) atoms. The number of hydrogen-bond acceptors (Lipinski definition) is 5. The van der Waals surface area contributed by atoms with Gasteiger partial charge in [-0.1, -0.05) is 0 Å². The Morgan fingerprint density at radius 2 is 2.05 bits per heavy atom. The zero-order valence-corrected chi connectivity index (χ0v) is 14.7. The summed E-state index contributed by atoms with van der Waals surface area (Å²) in [6, 6.07) is 0. The van der Waals surface area contributed by atoms with Gasteiger partial charge >= 0.3 is 5.97 Å². The third-order valence-electron chi connectivity index (χ3n) is 3.49. The zero-order chi connectivity index (χ0) is 16.4. The molecule has 0 saturated heterocycles. The normalized spacial score (nSPS) is 10.4. The van der Waals surface area contributed by atoms with Crippen LogP contribution in [0.4, 0.5) is 10.7 Å². The van der Waals surface area contributed by atoms with Gasteiger partial charge in [-0.3, -0.25) is 4.68 Å². The van der Waals surface area contributed by atoms with Crippen molar-refractivity contribution in [3.63, 3.8) is 0 Å². The molecular formula is C14H18N4O2S2. The number of rotatable bonds is 3. The van der Waals surface area contributed by atoms with E-state index in [0.29, 0.717) is 15.7 Å². The van der Waals surface area contributed by atoms with Crippen LogP contribution in [0.15, 0.2) is 6.20 Å². The number of methoxy groups -OCH3 is 1. The van der Waals surface area contributed by atoms with Crippen LogP contribution >= 0.6 is 23.6 Å². The van der Waals surface area contributed by atoms with Crippen molar-refractivity contribution in [3.8, 4) is 0 Å². The average molecular weight is 338 g/mol. The fourth-order valence-electron chi connectivity index (χ4n) is 1.94. The van der Waals surface area contributed by atoms with Crippen LogP contribution in [-0.4, -0.2) is 28.0 Å². The van der Waals surface area contributed by atoms with Crippen molar-refractivity contribution in [3.05, 3.63) is 27.9 Å². The molecule has 2 aromatic heterocycles. The molecule has 0 aliphatic heterocycles. The highest BCUT2D eigenvalue weighted by atomic mass is 32.1. The minimum absolute atomic E-state index is 0.371. The number of hydrogen-bond donors (Lipinski definition) is 2. The van der Waals surface area contributed by atoms with Gasteiger partial charge in [-0.25, -0.2) is 4.79 Å². The molecule has 0 aliphatic carbocycles. The highest BCUT2D eigenvalue weighted by molar-refractivity contribution is 7.80. The number of nitrogens with zero attached hydrogens (tertiary/aromatic N) is 2. The highest BCUT2D eigenvalue weighted by Crippen LogP contribution is 2.33. The standard InChI is InChI=1S/C14H18N4O2S2/c1-7-9(3)22-12(11(7)13(19)20-5)17-14(21)16-10-6-15-18(4)8(10)2/h6H,1-5H3,(H2,16,17,21). The van der Waals surface area contributed by atoms with Crippen LogP contribution in [-0.2, 0) is 11.8 Å². The molecule has 6 nitrogen and oxygen atoms in total. The van der Waals surface area contributed by atoms with Crippen LogP contribution in [0.3, 0.4) is 0 Å². The lowest BCUT2D eigenvalue weighted by Crippen LogP contribution is -2.20. The first-order valence-electron chi connectivity index (χ1n) is 6.60. The molecule has 2 N–H and O–H groups in total. The Balaban J connectivity index is 2.20. The summed E-state index contributed by atoms with van der Waals surface area (Å²) in [4.78, 5) is 13.0. The molecule has 2 aromatic rings. The minimum Gasteiger partial charge on any atom is -0.465 e. The number of thiophene rings is 1. The van der Waals surface area contributed by atoms with Crippen molar-refractivity contribution in [2.45, 2.75) is 20.8 Å². The third-order valence-corrected chi connectivity index (χ3v) is 4.81. The lowest BCUT2D eigenvalue weighted by Gasteiger charge is -2.10. The largest absolute Gasteiger partial charge is 0.465 e. The van der Waals surface area contributed by atoms with Crippen LogP contribution in [0.5, 0.6) is 0 Å². The molecule has 0 radical (unpaired) electrons. The van der Waals surface area contributed by atoms with Crippen molar-refractivity contribution in [1.29, 1.82) is 0 Å². The van der Waals surface area contributed by atoms with E-state index in [0.717, 1.165) is 21.8 Å². The van der Waals surface area contributed by atoms with E-state index in [1.54, 1.807) is 10.9 Å². The number of esters is 1. The quantitative estimate of drug-likeness (QED) is 0.662. The smallest absolute Gasteiger partial charge is 0.341 e. The Morgan fingerprint density at radius 1 is 1.36 bits per heavy atom. The topological polar surface area (TPSA) is 68.2 Å². The summed E-state index contributed by atoms with van der Waals surface area (Å²) < 4.78 is 6.60. The summed E-state index contributed by atoms with van der Waals surface area (Å²) in [6.07, 6.45) is 1.70. The Labute approximate surface area is 138 Å². The lowest BCUT2D eigenvalue weighted by molar-refractivity contribution is 0.0601. The van der Waals surface area contributed by atoms with E-state index < -0.39 is 0 Å². The van der Waals surface area contributed by atoms with Crippen molar-refractivity contribution in [2.24, 2.45) is 7.05 Å². The van der Waals surface area contributed by atoms with Gasteiger partial charge in [0, 0.05) is 11.9 Å². The maximum atomic E-state index is 11.9. The molecule has 0 fully saturated rings. The summed E-state index contributed by atoms with van der Waals surface area (Å²) in [5.74, 6) is -0.371.